The molecular weight excluding hydrogens is 392 g/mol. The van der Waals surface area contributed by atoms with Crippen LogP contribution in [0.3, 0.4) is 0 Å². The predicted octanol–water partition coefficient (Wildman–Crippen LogP) is 2.05. The lowest BCUT2D eigenvalue weighted by atomic mass is 10.2. The molecule has 1 atom stereocenters. The van der Waals surface area contributed by atoms with Gasteiger partial charge in [0.25, 0.3) is 5.91 Å². The van der Waals surface area contributed by atoms with Gasteiger partial charge in [-0.25, -0.2) is 14.6 Å². The van der Waals surface area contributed by atoms with Crippen molar-refractivity contribution in [3.63, 3.8) is 0 Å². The zero-order valence-corrected chi connectivity index (χ0v) is 17.3. The summed E-state index contributed by atoms with van der Waals surface area (Å²) in [5, 5.41) is 10.3. The highest BCUT2D eigenvalue weighted by molar-refractivity contribution is 7.13. The number of hydrogen-bond acceptors (Lipinski definition) is 7. The summed E-state index contributed by atoms with van der Waals surface area (Å²) in [6.07, 6.45) is 3.02. The average Bonchev–Trinajstić information content (AvgIpc) is 3.40. The molecule has 1 aliphatic rings. The molecule has 0 bridgehead atoms. The molecule has 152 valence electrons. The highest BCUT2D eigenvalue weighted by Crippen LogP contribution is 2.27. The van der Waals surface area contributed by atoms with Gasteiger partial charge in [-0.2, -0.15) is 0 Å². The van der Waals surface area contributed by atoms with Gasteiger partial charge in [-0.1, -0.05) is 0 Å². The number of aryl methyl sites for hydroxylation is 3. The van der Waals surface area contributed by atoms with E-state index in [1.54, 1.807) is 28.2 Å². The second-order valence-corrected chi connectivity index (χ2v) is 7.96. The quantitative estimate of drug-likeness (QED) is 0.686. The maximum atomic E-state index is 12.8. The number of hydrogen-bond donors (Lipinski definition) is 1. The van der Waals surface area contributed by atoms with Gasteiger partial charge in [0.1, 0.15) is 6.04 Å². The molecule has 1 unspecified atom stereocenters. The van der Waals surface area contributed by atoms with E-state index in [-0.39, 0.29) is 18.4 Å². The zero-order chi connectivity index (χ0) is 20.5. The van der Waals surface area contributed by atoms with Gasteiger partial charge in [-0.15, -0.1) is 16.4 Å². The van der Waals surface area contributed by atoms with Crippen molar-refractivity contribution in [2.45, 2.75) is 32.7 Å². The molecule has 0 spiro atoms. The summed E-state index contributed by atoms with van der Waals surface area (Å²) in [6.45, 7) is 4.24. The predicted molar refractivity (Wildman–Crippen MR) is 109 cm³/mol. The minimum Gasteiger partial charge on any atom is -0.466 e. The van der Waals surface area contributed by atoms with Gasteiger partial charge >= 0.3 is 0 Å². The Morgan fingerprint density at radius 2 is 2.21 bits per heavy atom. The number of pyridine rings is 1. The standard InChI is InChI=1S/C19H22N6O3S/c1-11-9-12(2)21-16-15(11)18(23-24(16)3)28-10-14(26)25-7-4-5-13(25)17(27)22-19-20-6-8-29-19/h6,8-9,13H,4-5,7,10H2,1-3H3,(H,20,22,27). The minimum atomic E-state index is -0.512. The smallest absolute Gasteiger partial charge is 0.261 e. The Hall–Kier alpha value is -3.01. The van der Waals surface area contributed by atoms with Crippen LogP contribution < -0.4 is 10.1 Å². The van der Waals surface area contributed by atoms with Gasteiger partial charge in [0.2, 0.25) is 11.8 Å². The van der Waals surface area contributed by atoms with E-state index in [1.807, 2.05) is 19.9 Å². The fourth-order valence-electron chi connectivity index (χ4n) is 3.67. The van der Waals surface area contributed by atoms with Crippen LogP contribution in [0.25, 0.3) is 11.0 Å². The number of carbonyl (C=O) groups is 2. The summed E-state index contributed by atoms with van der Waals surface area (Å²) in [5.74, 6) is -0.0771. The van der Waals surface area contributed by atoms with E-state index in [4.69, 9.17) is 4.74 Å². The third-order valence-electron chi connectivity index (χ3n) is 4.96. The molecule has 4 heterocycles. The first-order chi connectivity index (χ1) is 13.9. The highest BCUT2D eigenvalue weighted by Gasteiger charge is 2.34. The van der Waals surface area contributed by atoms with Crippen LogP contribution in [0, 0.1) is 13.8 Å². The molecule has 1 N–H and O–H groups in total. The third kappa shape index (κ3) is 3.80. The van der Waals surface area contributed by atoms with Gasteiger partial charge in [-0.05, 0) is 38.3 Å². The van der Waals surface area contributed by atoms with Crippen molar-refractivity contribution < 1.29 is 14.3 Å². The van der Waals surface area contributed by atoms with Crippen LogP contribution in [0.4, 0.5) is 5.13 Å². The molecule has 0 radical (unpaired) electrons. The van der Waals surface area contributed by atoms with Gasteiger partial charge in [-0.3, -0.25) is 9.59 Å². The summed E-state index contributed by atoms with van der Waals surface area (Å²) in [6, 6.07) is 1.44. The number of thiazole rings is 1. The maximum Gasteiger partial charge on any atom is 0.261 e. The van der Waals surface area contributed by atoms with Gasteiger partial charge in [0.15, 0.2) is 17.4 Å². The first-order valence-electron chi connectivity index (χ1n) is 9.37. The Labute approximate surface area is 171 Å². The van der Waals surface area contributed by atoms with E-state index in [0.29, 0.717) is 29.6 Å². The summed E-state index contributed by atoms with van der Waals surface area (Å²) in [5.41, 5.74) is 2.60. The normalized spacial score (nSPS) is 16.4. The Kier molecular flexibility index (Phi) is 5.18. The summed E-state index contributed by atoms with van der Waals surface area (Å²) >= 11 is 1.35. The Morgan fingerprint density at radius 1 is 1.38 bits per heavy atom. The monoisotopic (exact) mass is 414 g/mol. The van der Waals surface area contributed by atoms with E-state index in [1.165, 1.54) is 11.3 Å². The van der Waals surface area contributed by atoms with E-state index in [9.17, 15) is 9.59 Å². The van der Waals surface area contributed by atoms with Crippen molar-refractivity contribution in [1.82, 2.24) is 24.6 Å². The first-order valence-corrected chi connectivity index (χ1v) is 10.3. The summed E-state index contributed by atoms with van der Waals surface area (Å²) in [7, 11) is 1.79. The van der Waals surface area contributed by atoms with Crippen molar-refractivity contribution in [1.29, 1.82) is 0 Å². The first kappa shape index (κ1) is 19.3. The van der Waals surface area contributed by atoms with Gasteiger partial charge in [0, 0.05) is 30.9 Å². The highest BCUT2D eigenvalue weighted by atomic mass is 32.1. The summed E-state index contributed by atoms with van der Waals surface area (Å²) < 4.78 is 7.41. The molecule has 9 nitrogen and oxygen atoms in total. The Morgan fingerprint density at radius 3 is 2.97 bits per heavy atom. The second-order valence-electron chi connectivity index (χ2n) is 7.07. The van der Waals surface area contributed by atoms with Crippen LogP contribution in [0.5, 0.6) is 5.88 Å². The Bertz CT molecular complexity index is 1060. The molecule has 4 rings (SSSR count). The minimum absolute atomic E-state index is 0.180. The second kappa shape index (κ2) is 7.78. The van der Waals surface area contributed by atoms with Crippen molar-refractivity contribution in [2.75, 3.05) is 18.5 Å². The van der Waals surface area contributed by atoms with Gasteiger partial charge in [0.05, 0.1) is 5.39 Å². The molecule has 0 aromatic carbocycles. The fourth-order valence-corrected chi connectivity index (χ4v) is 4.21. The number of aromatic nitrogens is 4. The van der Waals surface area contributed by atoms with E-state index in [2.05, 4.69) is 20.4 Å². The number of amides is 2. The molecule has 1 saturated heterocycles. The number of fused-ring (bicyclic) bond motifs is 1. The lowest BCUT2D eigenvalue weighted by Gasteiger charge is -2.23. The molecule has 1 fully saturated rings. The zero-order valence-electron chi connectivity index (χ0n) is 16.5. The summed E-state index contributed by atoms with van der Waals surface area (Å²) in [4.78, 5) is 35.5. The number of likely N-dealkylation sites (tertiary alicyclic amines) is 1. The third-order valence-corrected chi connectivity index (χ3v) is 5.65. The van der Waals surface area contributed by atoms with Gasteiger partial charge < -0.3 is 15.0 Å². The molecule has 1 aliphatic heterocycles. The number of ether oxygens (including phenoxy) is 1. The van der Waals surface area contributed by atoms with Crippen LogP contribution in [0.2, 0.25) is 0 Å². The number of anilines is 1. The van der Waals surface area contributed by atoms with Crippen molar-refractivity contribution in [3.8, 4) is 5.88 Å². The van der Waals surface area contributed by atoms with Crippen LogP contribution in [0.1, 0.15) is 24.1 Å². The number of carbonyl (C=O) groups excluding carboxylic acids is 2. The van der Waals surface area contributed by atoms with Crippen molar-refractivity contribution >= 4 is 39.3 Å². The molecular formula is C19H22N6O3S. The Balaban J connectivity index is 1.45. The van der Waals surface area contributed by atoms with Crippen LogP contribution in [-0.4, -0.2) is 55.7 Å². The topological polar surface area (TPSA) is 102 Å². The van der Waals surface area contributed by atoms with E-state index in [0.717, 1.165) is 23.1 Å². The number of nitrogens with zero attached hydrogens (tertiary/aromatic N) is 5. The lowest BCUT2D eigenvalue weighted by molar-refractivity contribution is -0.138. The van der Waals surface area contributed by atoms with Crippen LogP contribution >= 0.6 is 11.3 Å². The van der Waals surface area contributed by atoms with Crippen molar-refractivity contribution in [3.05, 3.63) is 28.9 Å². The van der Waals surface area contributed by atoms with Crippen LogP contribution in [0.15, 0.2) is 17.6 Å². The molecule has 3 aromatic rings. The molecule has 0 aliphatic carbocycles. The molecule has 10 heteroatoms. The largest absolute Gasteiger partial charge is 0.466 e. The average molecular weight is 414 g/mol. The van der Waals surface area contributed by atoms with E-state index < -0.39 is 6.04 Å². The van der Waals surface area contributed by atoms with Crippen molar-refractivity contribution in [2.24, 2.45) is 7.05 Å². The SMILES string of the molecule is Cc1cc(C)c2c(OCC(=O)N3CCCC3C(=O)Nc3nccs3)nn(C)c2n1. The lowest BCUT2D eigenvalue weighted by Crippen LogP contribution is -2.45. The molecule has 3 aromatic heterocycles. The van der Waals surface area contributed by atoms with Crippen LogP contribution in [-0.2, 0) is 16.6 Å². The molecule has 0 saturated carbocycles. The number of nitrogens with one attached hydrogen (secondary N) is 1. The molecule has 2 amide bonds. The van der Waals surface area contributed by atoms with E-state index >= 15 is 0 Å². The number of rotatable bonds is 5. The fraction of sp³-hybridized carbons (Fsp3) is 0.421. The molecule has 29 heavy (non-hydrogen) atoms. The maximum absolute atomic E-state index is 12.8.